The highest BCUT2D eigenvalue weighted by Crippen LogP contribution is 2.34. The van der Waals surface area contributed by atoms with Crippen LogP contribution in [-0.4, -0.2) is 16.5 Å². The third kappa shape index (κ3) is 2.61. The van der Waals surface area contributed by atoms with Crippen molar-refractivity contribution >= 4 is 15.9 Å². The molecule has 2 rings (SSSR count). The number of halogens is 1. The molecule has 0 radical (unpaired) electrons. The second-order valence-corrected chi connectivity index (χ2v) is 5.21. The molecule has 0 aromatic carbocycles. The van der Waals surface area contributed by atoms with E-state index >= 15 is 0 Å². The normalized spacial score (nSPS) is 20.4. The van der Waals surface area contributed by atoms with E-state index in [4.69, 9.17) is 5.73 Å². The molecule has 1 aromatic heterocycles. The standard InChI is InChI=1S/C11H18BrN3/c12-10-7-14-11(15-10)9(6-13)8-4-2-1-3-5-8/h7-9H,1-6,13H2,(H,14,15). The summed E-state index contributed by atoms with van der Waals surface area (Å²) in [6.45, 7) is 0.699. The van der Waals surface area contributed by atoms with Crippen LogP contribution in [0.1, 0.15) is 43.8 Å². The summed E-state index contributed by atoms with van der Waals surface area (Å²) in [5.74, 6) is 2.19. The summed E-state index contributed by atoms with van der Waals surface area (Å²) >= 11 is 3.39. The maximum Gasteiger partial charge on any atom is 0.111 e. The van der Waals surface area contributed by atoms with Gasteiger partial charge in [-0.3, -0.25) is 0 Å². The van der Waals surface area contributed by atoms with E-state index in [0.29, 0.717) is 12.5 Å². The Bertz CT molecular complexity index is 305. The first-order valence-electron chi connectivity index (χ1n) is 5.71. The Labute approximate surface area is 99.0 Å². The summed E-state index contributed by atoms with van der Waals surface area (Å²) < 4.78 is 0.951. The first-order valence-corrected chi connectivity index (χ1v) is 6.51. The summed E-state index contributed by atoms with van der Waals surface area (Å²) in [5.41, 5.74) is 5.87. The van der Waals surface area contributed by atoms with Gasteiger partial charge in [-0.2, -0.15) is 0 Å². The van der Waals surface area contributed by atoms with Crippen molar-refractivity contribution in [2.24, 2.45) is 11.7 Å². The van der Waals surface area contributed by atoms with E-state index in [9.17, 15) is 0 Å². The number of rotatable bonds is 3. The number of hydrogen-bond donors (Lipinski definition) is 2. The summed E-state index contributed by atoms with van der Waals surface area (Å²) in [6.07, 6.45) is 8.52. The monoisotopic (exact) mass is 271 g/mol. The number of nitrogens with zero attached hydrogens (tertiary/aromatic N) is 1. The second kappa shape index (κ2) is 5.12. The van der Waals surface area contributed by atoms with Crippen LogP contribution < -0.4 is 5.73 Å². The molecule has 1 aromatic rings. The van der Waals surface area contributed by atoms with E-state index in [1.54, 1.807) is 0 Å². The first kappa shape index (κ1) is 11.1. The molecule has 1 unspecified atom stereocenters. The lowest BCUT2D eigenvalue weighted by molar-refractivity contribution is 0.301. The van der Waals surface area contributed by atoms with Crippen molar-refractivity contribution in [2.45, 2.75) is 38.0 Å². The van der Waals surface area contributed by atoms with Gasteiger partial charge in [0.2, 0.25) is 0 Å². The van der Waals surface area contributed by atoms with Crippen molar-refractivity contribution < 1.29 is 0 Å². The summed E-state index contributed by atoms with van der Waals surface area (Å²) in [4.78, 5) is 7.63. The van der Waals surface area contributed by atoms with Crippen LogP contribution in [0, 0.1) is 5.92 Å². The van der Waals surface area contributed by atoms with Gasteiger partial charge in [0, 0.05) is 12.5 Å². The van der Waals surface area contributed by atoms with Gasteiger partial charge in [-0.1, -0.05) is 19.3 Å². The van der Waals surface area contributed by atoms with E-state index in [-0.39, 0.29) is 0 Å². The second-order valence-electron chi connectivity index (χ2n) is 4.36. The van der Waals surface area contributed by atoms with Crippen LogP contribution >= 0.6 is 15.9 Å². The molecule has 1 atom stereocenters. The van der Waals surface area contributed by atoms with Gasteiger partial charge >= 0.3 is 0 Å². The fourth-order valence-electron chi connectivity index (χ4n) is 2.57. The average molecular weight is 272 g/mol. The molecule has 15 heavy (non-hydrogen) atoms. The van der Waals surface area contributed by atoms with E-state index in [0.717, 1.165) is 16.3 Å². The molecule has 3 N–H and O–H groups in total. The van der Waals surface area contributed by atoms with Crippen LogP contribution in [0.2, 0.25) is 0 Å². The van der Waals surface area contributed by atoms with Crippen molar-refractivity contribution in [1.82, 2.24) is 9.97 Å². The third-order valence-electron chi connectivity index (χ3n) is 3.39. The molecule has 1 aliphatic rings. The van der Waals surface area contributed by atoms with Gasteiger partial charge in [-0.05, 0) is 34.7 Å². The zero-order valence-corrected chi connectivity index (χ0v) is 10.5. The first-order chi connectivity index (χ1) is 7.31. The van der Waals surface area contributed by atoms with Crippen molar-refractivity contribution in [3.05, 3.63) is 16.6 Å². The number of imidazole rings is 1. The molecule has 0 saturated heterocycles. The number of hydrogen-bond acceptors (Lipinski definition) is 2. The average Bonchev–Trinajstić information content (AvgIpc) is 2.68. The Morgan fingerprint density at radius 3 is 2.73 bits per heavy atom. The van der Waals surface area contributed by atoms with Crippen LogP contribution in [0.4, 0.5) is 0 Å². The summed E-state index contributed by atoms with van der Waals surface area (Å²) in [6, 6.07) is 0. The molecule has 3 nitrogen and oxygen atoms in total. The molecule has 1 fully saturated rings. The number of H-pyrrole nitrogens is 1. The van der Waals surface area contributed by atoms with Gasteiger partial charge in [-0.15, -0.1) is 0 Å². The molecular formula is C11H18BrN3. The minimum atomic E-state index is 0.414. The fraction of sp³-hybridized carbons (Fsp3) is 0.727. The van der Waals surface area contributed by atoms with E-state index < -0.39 is 0 Å². The van der Waals surface area contributed by atoms with Crippen molar-refractivity contribution in [1.29, 1.82) is 0 Å². The minimum absolute atomic E-state index is 0.414. The van der Waals surface area contributed by atoms with E-state index in [2.05, 4.69) is 25.9 Å². The topological polar surface area (TPSA) is 54.7 Å². The lowest BCUT2D eigenvalue weighted by Gasteiger charge is -2.28. The number of nitrogens with two attached hydrogens (primary N) is 1. The quantitative estimate of drug-likeness (QED) is 0.889. The molecule has 1 aliphatic carbocycles. The third-order valence-corrected chi connectivity index (χ3v) is 3.79. The summed E-state index contributed by atoms with van der Waals surface area (Å²) in [5, 5.41) is 0. The maximum absolute atomic E-state index is 5.87. The van der Waals surface area contributed by atoms with Crippen LogP contribution in [0.5, 0.6) is 0 Å². The van der Waals surface area contributed by atoms with Gasteiger partial charge < -0.3 is 10.7 Å². The SMILES string of the molecule is NCC(c1ncc(Br)[nH]1)C1CCCCC1. The van der Waals surface area contributed by atoms with Gasteiger partial charge in [0.05, 0.1) is 6.20 Å². The predicted molar refractivity (Wildman–Crippen MR) is 64.7 cm³/mol. The molecular weight excluding hydrogens is 254 g/mol. The van der Waals surface area contributed by atoms with Crippen molar-refractivity contribution in [2.75, 3.05) is 6.54 Å². The van der Waals surface area contributed by atoms with Gasteiger partial charge in [-0.25, -0.2) is 4.98 Å². The van der Waals surface area contributed by atoms with Gasteiger partial charge in [0.1, 0.15) is 10.4 Å². The zero-order valence-electron chi connectivity index (χ0n) is 8.88. The molecule has 84 valence electrons. The Balaban J connectivity index is 2.08. The maximum atomic E-state index is 5.87. The zero-order chi connectivity index (χ0) is 10.7. The van der Waals surface area contributed by atoms with Crippen molar-refractivity contribution in [3.63, 3.8) is 0 Å². The van der Waals surface area contributed by atoms with Gasteiger partial charge in [0.15, 0.2) is 0 Å². The fourth-order valence-corrected chi connectivity index (χ4v) is 2.87. The molecule has 0 aliphatic heterocycles. The highest BCUT2D eigenvalue weighted by Gasteiger charge is 2.25. The van der Waals surface area contributed by atoms with Crippen LogP contribution in [0.15, 0.2) is 10.8 Å². The molecule has 0 spiro atoms. The van der Waals surface area contributed by atoms with Gasteiger partial charge in [0.25, 0.3) is 0 Å². The number of nitrogens with one attached hydrogen (secondary N) is 1. The highest BCUT2D eigenvalue weighted by atomic mass is 79.9. The molecule has 0 amide bonds. The van der Waals surface area contributed by atoms with Crippen LogP contribution in [0.3, 0.4) is 0 Å². The van der Waals surface area contributed by atoms with Crippen LogP contribution in [0.25, 0.3) is 0 Å². The minimum Gasteiger partial charge on any atom is -0.336 e. The highest BCUT2D eigenvalue weighted by molar-refractivity contribution is 9.10. The molecule has 1 heterocycles. The lowest BCUT2D eigenvalue weighted by atomic mass is 9.79. The number of aromatic nitrogens is 2. The van der Waals surface area contributed by atoms with E-state index in [1.165, 1.54) is 32.1 Å². The Morgan fingerprint density at radius 1 is 1.47 bits per heavy atom. The molecule has 4 heteroatoms. The van der Waals surface area contributed by atoms with Crippen LogP contribution in [-0.2, 0) is 0 Å². The largest absolute Gasteiger partial charge is 0.336 e. The number of aromatic amines is 1. The Hall–Kier alpha value is -0.350. The smallest absolute Gasteiger partial charge is 0.111 e. The van der Waals surface area contributed by atoms with Crippen molar-refractivity contribution in [3.8, 4) is 0 Å². The van der Waals surface area contributed by atoms with E-state index in [1.807, 2.05) is 6.20 Å². The predicted octanol–water partition coefficient (Wildman–Crippen LogP) is 2.79. The Morgan fingerprint density at radius 2 is 2.20 bits per heavy atom. The summed E-state index contributed by atoms with van der Waals surface area (Å²) in [7, 11) is 0. The Kier molecular flexibility index (Phi) is 3.81. The molecule has 1 saturated carbocycles. The lowest BCUT2D eigenvalue weighted by Crippen LogP contribution is -2.24. The molecule has 0 bridgehead atoms.